The number of aliphatic carboxylic acids is 4. The molecule has 0 fully saturated rings. The number of carboxylic acid groups (broad SMARTS) is 4. The molecule has 0 spiro atoms. The summed E-state index contributed by atoms with van der Waals surface area (Å²) in [5.74, 6) is -5.04. The summed E-state index contributed by atoms with van der Waals surface area (Å²) in [5.41, 5.74) is -0.216. The summed E-state index contributed by atoms with van der Waals surface area (Å²) in [4.78, 5) is 96.1. The second kappa shape index (κ2) is 43.6. The van der Waals surface area contributed by atoms with Gasteiger partial charge in [-0.15, -0.1) is 0 Å². The molecule has 0 bridgehead atoms. The molecule has 0 heterocycles. The van der Waals surface area contributed by atoms with Gasteiger partial charge >= 0.3 is 23.9 Å². The lowest BCUT2D eigenvalue weighted by Gasteiger charge is -2.35. The highest BCUT2D eigenvalue weighted by atomic mass is 33.1. The second-order valence-corrected chi connectivity index (χ2v) is 24.5. The molecule has 0 saturated heterocycles. The van der Waals surface area contributed by atoms with Crippen LogP contribution in [0, 0.1) is 5.41 Å². The fraction of sp³-hybridized carbons (Fsp3) is 0.810. The molecule has 400 valence electrons. The fourth-order valence-electron chi connectivity index (χ4n) is 6.51. The molecule has 4 unspecified atom stereocenters. The smallest absolute Gasteiger partial charge is 0.327 e. The Morgan fingerprint density at radius 2 is 0.667 bits per heavy atom. The van der Waals surface area contributed by atoms with E-state index in [2.05, 4.69) is 21.3 Å². The number of hydrogen-bond donors (Lipinski definition) is 8. The van der Waals surface area contributed by atoms with E-state index in [0.717, 1.165) is 51.4 Å². The standard InChI is InChI=1S/C42H74N4O16S7/c1-5-66-26-30(38(51)52)43-34(47)22-59-18-10-6-14-42(15-7-11-19-60-23-35(48)44-31(39(53)54)27-67-63-2,16-8-12-20-61-24-36(49)45-32(40(55)56)28-68-64-3)17-9-13-21-62-25-37(50)46-33(41(57)58)29-69-65-4/h30-33H,5-29H2,1-4H3,(H,43,47)(H,44,48)(H,45,49)(H,46,50)(H,51,52)(H,53,54)(H,55,56)(H,57,58). The molecule has 20 nitrogen and oxygen atoms in total. The predicted molar refractivity (Wildman–Crippen MR) is 280 cm³/mol. The highest BCUT2D eigenvalue weighted by molar-refractivity contribution is 8.77. The van der Waals surface area contributed by atoms with Crippen LogP contribution in [0.25, 0.3) is 0 Å². The number of ether oxygens (including phenoxy) is 4. The molecule has 69 heavy (non-hydrogen) atoms. The molecular formula is C42H74N4O16S7. The van der Waals surface area contributed by atoms with Crippen molar-refractivity contribution in [1.29, 1.82) is 0 Å². The lowest BCUT2D eigenvalue weighted by Crippen LogP contribution is -2.44. The van der Waals surface area contributed by atoms with Crippen molar-refractivity contribution < 1.29 is 77.7 Å². The van der Waals surface area contributed by atoms with Crippen LogP contribution in [0.4, 0.5) is 0 Å². The number of unbranched alkanes of at least 4 members (excludes halogenated alkanes) is 4. The average molecular weight is 1120 g/mol. The summed E-state index contributed by atoms with van der Waals surface area (Å²) in [6, 6.07) is -4.14. The van der Waals surface area contributed by atoms with Gasteiger partial charge in [-0.25, -0.2) is 19.2 Å². The number of carbonyl (C=O) groups is 8. The number of amides is 4. The number of carboxylic acids is 4. The number of carbonyl (C=O) groups excluding carboxylic acids is 4. The SMILES string of the molecule is CCSCC(NC(=O)COCCCCC(CCCCOCC(=O)NC(CSSC)C(=O)O)(CCCCOCC(=O)NC(CSSC)C(=O)O)CCCCOCC(=O)NC(CSSC)C(=O)O)C(=O)O. The van der Waals surface area contributed by atoms with Crippen LogP contribution in [-0.4, -0.2) is 192 Å². The van der Waals surface area contributed by atoms with Gasteiger partial charge in [0, 0.05) is 49.4 Å². The van der Waals surface area contributed by atoms with Gasteiger partial charge in [0.25, 0.3) is 0 Å². The van der Waals surface area contributed by atoms with Crippen molar-refractivity contribution in [3.63, 3.8) is 0 Å². The topological polar surface area (TPSA) is 303 Å². The van der Waals surface area contributed by atoms with Crippen LogP contribution in [0.3, 0.4) is 0 Å². The van der Waals surface area contributed by atoms with Gasteiger partial charge in [0.05, 0.1) is 0 Å². The Balaban J connectivity index is 5.81. The molecule has 0 aliphatic heterocycles. The van der Waals surface area contributed by atoms with Gasteiger partial charge in [0.15, 0.2) is 0 Å². The molecule has 0 aliphatic carbocycles. The maximum Gasteiger partial charge on any atom is 0.327 e. The Hall–Kier alpha value is -1.95. The third-order valence-electron chi connectivity index (χ3n) is 10.00. The minimum absolute atomic E-state index is 0.205. The zero-order valence-electron chi connectivity index (χ0n) is 40.0. The van der Waals surface area contributed by atoms with E-state index in [-0.39, 0.29) is 81.3 Å². The maximum absolute atomic E-state index is 12.5. The minimum Gasteiger partial charge on any atom is -0.480 e. The van der Waals surface area contributed by atoms with Gasteiger partial charge < -0.3 is 60.6 Å². The highest BCUT2D eigenvalue weighted by Crippen LogP contribution is 2.41. The normalized spacial score (nSPS) is 13.9. The van der Waals surface area contributed by atoms with Crippen molar-refractivity contribution in [3.05, 3.63) is 0 Å². The zero-order chi connectivity index (χ0) is 51.7. The predicted octanol–water partition coefficient (Wildman–Crippen LogP) is 4.78. The highest BCUT2D eigenvalue weighted by Gasteiger charge is 2.29. The number of nitrogens with one attached hydrogen (secondary N) is 4. The van der Waals surface area contributed by atoms with Crippen LogP contribution in [0.5, 0.6) is 0 Å². The molecule has 0 saturated carbocycles. The van der Waals surface area contributed by atoms with Crippen molar-refractivity contribution >= 4 is 124 Å². The van der Waals surface area contributed by atoms with Gasteiger partial charge in [-0.1, -0.05) is 97.4 Å². The largest absolute Gasteiger partial charge is 0.480 e. The summed E-state index contributed by atoms with van der Waals surface area (Å²) < 4.78 is 22.5. The van der Waals surface area contributed by atoms with Gasteiger partial charge in [-0.3, -0.25) is 19.2 Å². The fourth-order valence-corrected chi connectivity index (χ4v) is 11.2. The first-order chi connectivity index (χ1) is 33.0. The van der Waals surface area contributed by atoms with E-state index in [0.29, 0.717) is 31.4 Å². The Labute approximate surface area is 434 Å². The van der Waals surface area contributed by atoms with Crippen LogP contribution >= 0.6 is 76.5 Å². The van der Waals surface area contributed by atoms with Gasteiger partial charge in [0.2, 0.25) is 23.6 Å². The van der Waals surface area contributed by atoms with Crippen molar-refractivity contribution in [3.8, 4) is 0 Å². The minimum atomic E-state index is -1.13. The summed E-state index contributed by atoms with van der Waals surface area (Å²) in [6.45, 7) is 1.81. The number of thioether (sulfide) groups is 1. The Bertz CT molecular complexity index is 1280. The molecule has 4 amide bonds. The number of rotatable bonds is 48. The third-order valence-corrected chi connectivity index (χ3v) is 16.4. The van der Waals surface area contributed by atoms with Crippen LogP contribution in [0.1, 0.15) is 84.0 Å². The first-order valence-corrected chi connectivity index (χ1v) is 31.8. The van der Waals surface area contributed by atoms with E-state index in [1.54, 1.807) is 0 Å². The van der Waals surface area contributed by atoms with E-state index in [1.165, 1.54) is 76.5 Å². The lowest BCUT2D eigenvalue weighted by molar-refractivity contribution is -0.142. The third kappa shape index (κ3) is 36.6. The average Bonchev–Trinajstić information content (AvgIpc) is 3.30. The summed E-state index contributed by atoms with van der Waals surface area (Å²) in [5, 5.41) is 47.8. The van der Waals surface area contributed by atoms with Crippen LogP contribution in [0.15, 0.2) is 0 Å². The van der Waals surface area contributed by atoms with Crippen molar-refractivity contribution in [2.75, 3.05) is 100 Å². The molecule has 0 rings (SSSR count). The molecule has 27 heteroatoms. The summed E-state index contributed by atoms with van der Waals surface area (Å²) >= 11 is 1.41. The Kier molecular flexibility index (Phi) is 42.4. The van der Waals surface area contributed by atoms with E-state index < -0.39 is 71.7 Å². The van der Waals surface area contributed by atoms with Crippen molar-refractivity contribution in [1.82, 2.24) is 21.3 Å². The molecule has 0 aromatic rings. The molecule has 0 aliphatic rings. The maximum atomic E-state index is 12.5. The molecule has 8 N–H and O–H groups in total. The van der Waals surface area contributed by atoms with E-state index in [1.807, 2.05) is 25.7 Å². The lowest BCUT2D eigenvalue weighted by atomic mass is 9.71. The Morgan fingerprint density at radius 1 is 0.420 bits per heavy atom. The molecule has 0 aromatic heterocycles. The molecule has 0 radical (unpaired) electrons. The van der Waals surface area contributed by atoms with Gasteiger partial charge in [-0.05, 0) is 81.3 Å². The van der Waals surface area contributed by atoms with Crippen LogP contribution in [0.2, 0.25) is 0 Å². The van der Waals surface area contributed by atoms with E-state index in [4.69, 9.17) is 18.9 Å². The van der Waals surface area contributed by atoms with E-state index >= 15 is 0 Å². The molecule has 4 atom stereocenters. The molecule has 0 aromatic carbocycles. The first kappa shape index (κ1) is 67.0. The van der Waals surface area contributed by atoms with Crippen molar-refractivity contribution in [2.45, 2.75) is 108 Å². The first-order valence-electron chi connectivity index (χ1n) is 22.5. The van der Waals surface area contributed by atoms with Crippen molar-refractivity contribution in [2.24, 2.45) is 5.41 Å². The zero-order valence-corrected chi connectivity index (χ0v) is 45.7. The molecular weight excluding hydrogens is 1040 g/mol. The summed E-state index contributed by atoms with van der Waals surface area (Å²) in [7, 11) is 8.17. The quantitative estimate of drug-likeness (QED) is 0.0300. The van der Waals surface area contributed by atoms with Gasteiger partial charge in [-0.2, -0.15) is 11.8 Å². The van der Waals surface area contributed by atoms with Gasteiger partial charge in [0.1, 0.15) is 50.6 Å². The number of hydrogen-bond acceptors (Lipinski definition) is 19. The Morgan fingerprint density at radius 3 is 0.884 bits per heavy atom. The summed E-state index contributed by atoms with van der Waals surface area (Å²) in [6.07, 6.45) is 13.9. The van der Waals surface area contributed by atoms with Crippen LogP contribution < -0.4 is 21.3 Å². The second-order valence-electron chi connectivity index (χ2n) is 15.4. The van der Waals surface area contributed by atoms with Crippen LogP contribution in [-0.2, 0) is 57.3 Å². The monoisotopic (exact) mass is 1110 g/mol. The van der Waals surface area contributed by atoms with E-state index in [9.17, 15) is 58.8 Å².